The maximum Gasteiger partial charge on any atom is 0.151 e. The second-order valence-electron chi connectivity index (χ2n) is 6.30. The third-order valence-electron chi connectivity index (χ3n) is 4.61. The fourth-order valence-corrected chi connectivity index (χ4v) is 3.33. The molecule has 3 aromatic rings. The van der Waals surface area contributed by atoms with Crippen LogP contribution in [0.1, 0.15) is 18.4 Å². The first kappa shape index (κ1) is 16.6. The summed E-state index contributed by atoms with van der Waals surface area (Å²) < 4.78 is 34.6. The van der Waals surface area contributed by atoms with Crippen molar-refractivity contribution in [3.63, 3.8) is 0 Å². The molecular weight excluding hydrogens is 336 g/mol. The largest absolute Gasteiger partial charge is 0.497 e. The van der Waals surface area contributed by atoms with Crippen LogP contribution in [0.5, 0.6) is 5.75 Å². The number of halogens is 2. The van der Waals surface area contributed by atoms with Gasteiger partial charge in [-0.1, -0.05) is 12.1 Å². The number of hydrogen-bond donors (Lipinski definition) is 1. The molecule has 0 bridgehead atoms. The van der Waals surface area contributed by atoms with E-state index in [0.29, 0.717) is 0 Å². The van der Waals surface area contributed by atoms with Gasteiger partial charge in [-0.2, -0.15) is 5.10 Å². The number of methoxy groups -OCH3 is 1. The topological polar surface area (TPSA) is 39.1 Å². The summed E-state index contributed by atoms with van der Waals surface area (Å²) in [6.07, 6.45) is 2.89. The molecule has 2 aromatic carbocycles. The molecule has 6 heteroatoms. The summed E-state index contributed by atoms with van der Waals surface area (Å²) in [5.74, 6) is 0.259. The molecule has 1 aromatic heterocycles. The van der Waals surface area contributed by atoms with Gasteiger partial charge in [0, 0.05) is 23.7 Å². The summed E-state index contributed by atoms with van der Waals surface area (Å²) in [5.41, 5.74) is 2.97. The third-order valence-corrected chi connectivity index (χ3v) is 4.61. The molecule has 26 heavy (non-hydrogen) atoms. The summed E-state index contributed by atoms with van der Waals surface area (Å²) in [6.45, 7) is 0.791. The Morgan fingerprint density at radius 1 is 1.12 bits per heavy atom. The van der Waals surface area contributed by atoms with Gasteiger partial charge in [-0.15, -0.1) is 0 Å². The second kappa shape index (κ2) is 6.78. The fourth-order valence-electron chi connectivity index (χ4n) is 3.33. The lowest BCUT2D eigenvalue weighted by molar-refractivity contribution is 0.415. The minimum absolute atomic E-state index is 0.228. The molecule has 0 saturated heterocycles. The summed E-state index contributed by atoms with van der Waals surface area (Å²) in [6, 6.07) is 11.2. The molecule has 4 rings (SSSR count). The molecule has 0 unspecified atom stereocenters. The number of ether oxygens (including phenoxy) is 1. The van der Waals surface area contributed by atoms with Gasteiger partial charge in [-0.3, -0.25) is 0 Å². The first-order valence-corrected chi connectivity index (χ1v) is 8.63. The lowest BCUT2D eigenvalue weighted by atomic mass is 10.0. The van der Waals surface area contributed by atoms with E-state index in [0.717, 1.165) is 60.3 Å². The lowest BCUT2D eigenvalue weighted by Gasteiger charge is -2.10. The summed E-state index contributed by atoms with van der Waals surface area (Å²) >= 11 is 0. The average Bonchev–Trinajstić information content (AvgIpc) is 2.83. The first-order chi connectivity index (χ1) is 12.7. The smallest absolute Gasteiger partial charge is 0.151 e. The number of fused-ring (bicyclic) bond motifs is 1. The van der Waals surface area contributed by atoms with Crippen LogP contribution in [0.25, 0.3) is 16.9 Å². The van der Waals surface area contributed by atoms with Crippen molar-refractivity contribution in [1.82, 2.24) is 9.78 Å². The molecule has 0 atom stereocenters. The quantitative estimate of drug-likeness (QED) is 0.748. The Hall–Kier alpha value is -2.89. The zero-order valence-corrected chi connectivity index (χ0v) is 14.4. The second-order valence-corrected chi connectivity index (χ2v) is 6.30. The van der Waals surface area contributed by atoms with Crippen molar-refractivity contribution in [3.05, 3.63) is 59.7 Å². The zero-order valence-electron chi connectivity index (χ0n) is 14.4. The Kier molecular flexibility index (Phi) is 4.32. The zero-order chi connectivity index (χ0) is 18.1. The highest BCUT2D eigenvalue weighted by Gasteiger charge is 2.23. The number of aromatic nitrogens is 2. The molecule has 0 amide bonds. The fraction of sp³-hybridized carbons (Fsp3) is 0.250. The Labute approximate surface area is 150 Å². The van der Waals surface area contributed by atoms with E-state index in [1.165, 1.54) is 12.1 Å². The molecule has 1 aliphatic heterocycles. The van der Waals surface area contributed by atoms with Gasteiger partial charge >= 0.3 is 0 Å². The van der Waals surface area contributed by atoms with Crippen molar-refractivity contribution >= 4 is 5.82 Å². The SMILES string of the molecule is COc1cccc(-c2nn(-c3ccc(F)cc3F)c3c2CCCCN3)c1. The van der Waals surface area contributed by atoms with Gasteiger partial charge in [0.15, 0.2) is 5.82 Å². The number of rotatable bonds is 3. The van der Waals surface area contributed by atoms with Crippen molar-refractivity contribution in [2.24, 2.45) is 0 Å². The van der Waals surface area contributed by atoms with E-state index in [1.807, 2.05) is 24.3 Å². The molecule has 0 spiro atoms. The average molecular weight is 355 g/mol. The Morgan fingerprint density at radius 3 is 2.81 bits per heavy atom. The van der Waals surface area contributed by atoms with Crippen molar-refractivity contribution < 1.29 is 13.5 Å². The number of benzene rings is 2. The summed E-state index contributed by atoms with van der Waals surface area (Å²) in [4.78, 5) is 0. The van der Waals surface area contributed by atoms with Gasteiger partial charge in [0.05, 0.1) is 12.8 Å². The number of anilines is 1. The molecule has 2 heterocycles. The highest BCUT2D eigenvalue weighted by molar-refractivity contribution is 5.72. The van der Waals surface area contributed by atoms with Crippen molar-refractivity contribution in [2.75, 3.05) is 19.0 Å². The normalized spacial score (nSPS) is 13.7. The van der Waals surface area contributed by atoms with Crippen LogP contribution < -0.4 is 10.1 Å². The van der Waals surface area contributed by atoms with Crippen LogP contribution in [0, 0.1) is 11.6 Å². The standard InChI is InChI=1S/C20H19F2N3O/c1-26-15-6-4-5-13(11-15)19-16-7-2-3-10-23-20(16)25(24-19)18-9-8-14(21)12-17(18)22/h4-6,8-9,11-12,23H,2-3,7,10H2,1H3. The third kappa shape index (κ3) is 2.92. The summed E-state index contributed by atoms with van der Waals surface area (Å²) in [5, 5.41) is 8.04. The van der Waals surface area contributed by atoms with E-state index in [2.05, 4.69) is 10.4 Å². The van der Waals surface area contributed by atoms with Crippen molar-refractivity contribution in [3.8, 4) is 22.7 Å². The van der Waals surface area contributed by atoms with E-state index in [9.17, 15) is 8.78 Å². The number of nitrogens with zero attached hydrogens (tertiary/aromatic N) is 2. The molecule has 4 nitrogen and oxygen atoms in total. The highest BCUT2D eigenvalue weighted by atomic mass is 19.1. The molecule has 0 fully saturated rings. The maximum absolute atomic E-state index is 14.4. The van der Waals surface area contributed by atoms with E-state index in [-0.39, 0.29) is 5.69 Å². The predicted molar refractivity (Wildman–Crippen MR) is 96.9 cm³/mol. The monoisotopic (exact) mass is 355 g/mol. The van der Waals surface area contributed by atoms with Crippen LogP contribution in [0.4, 0.5) is 14.6 Å². The predicted octanol–water partition coefficient (Wildman–Crippen LogP) is 4.57. The van der Waals surface area contributed by atoms with Crippen molar-refractivity contribution in [2.45, 2.75) is 19.3 Å². The highest BCUT2D eigenvalue weighted by Crippen LogP contribution is 2.35. The van der Waals surface area contributed by atoms with Gasteiger partial charge in [-0.25, -0.2) is 13.5 Å². The number of hydrogen-bond acceptors (Lipinski definition) is 3. The van der Waals surface area contributed by atoms with Crippen LogP contribution in [0.3, 0.4) is 0 Å². The Morgan fingerprint density at radius 2 is 2.00 bits per heavy atom. The molecule has 0 saturated carbocycles. The van der Waals surface area contributed by atoms with E-state index >= 15 is 0 Å². The van der Waals surface area contributed by atoms with Crippen LogP contribution in [-0.4, -0.2) is 23.4 Å². The number of nitrogens with one attached hydrogen (secondary N) is 1. The molecular formula is C20H19F2N3O. The lowest BCUT2D eigenvalue weighted by Crippen LogP contribution is -2.08. The van der Waals surface area contributed by atoms with Crippen LogP contribution in [0.15, 0.2) is 42.5 Å². The van der Waals surface area contributed by atoms with Crippen LogP contribution in [0.2, 0.25) is 0 Å². The molecule has 134 valence electrons. The van der Waals surface area contributed by atoms with Gasteiger partial charge in [0.25, 0.3) is 0 Å². The van der Waals surface area contributed by atoms with Crippen LogP contribution in [-0.2, 0) is 6.42 Å². The molecule has 0 aliphatic carbocycles. The summed E-state index contributed by atoms with van der Waals surface area (Å²) in [7, 11) is 1.62. The van der Waals surface area contributed by atoms with Gasteiger partial charge in [0.1, 0.15) is 23.1 Å². The minimum atomic E-state index is -0.640. The first-order valence-electron chi connectivity index (χ1n) is 8.63. The Bertz CT molecular complexity index is 952. The van der Waals surface area contributed by atoms with Gasteiger partial charge < -0.3 is 10.1 Å². The van der Waals surface area contributed by atoms with E-state index in [4.69, 9.17) is 4.74 Å². The van der Waals surface area contributed by atoms with Crippen molar-refractivity contribution in [1.29, 1.82) is 0 Å². The molecule has 1 aliphatic rings. The van der Waals surface area contributed by atoms with E-state index in [1.54, 1.807) is 11.8 Å². The Balaban J connectivity index is 1.91. The molecule has 0 radical (unpaired) electrons. The van der Waals surface area contributed by atoms with E-state index < -0.39 is 11.6 Å². The van der Waals surface area contributed by atoms with Gasteiger partial charge in [-0.05, 0) is 43.5 Å². The minimum Gasteiger partial charge on any atom is -0.497 e. The maximum atomic E-state index is 14.4. The molecule has 1 N–H and O–H groups in total. The van der Waals surface area contributed by atoms with Crippen LogP contribution >= 0.6 is 0 Å². The van der Waals surface area contributed by atoms with Gasteiger partial charge in [0.2, 0.25) is 0 Å².